The highest BCUT2D eigenvalue weighted by molar-refractivity contribution is 7.89. The van der Waals surface area contributed by atoms with E-state index in [-0.39, 0.29) is 11.9 Å². The van der Waals surface area contributed by atoms with Crippen LogP contribution in [0.25, 0.3) is 0 Å². The topological polar surface area (TPSA) is 83.7 Å². The number of carbonyl (C=O) groups is 1. The second-order valence-electron chi connectivity index (χ2n) is 6.75. The first-order chi connectivity index (χ1) is 11.4. The molecule has 1 saturated heterocycles. The molecule has 0 saturated carbocycles. The van der Waals surface area contributed by atoms with Gasteiger partial charge < -0.3 is 10.6 Å². The zero-order valence-corrected chi connectivity index (χ0v) is 14.9. The molecule has 0 spiro atoms. The van der Waals surface area contributed by atoms with E-state index in [1.54, 1.807) is 17.9 Å². The Morgan fingerprint density at radius 3 is 2.50 bits per heavy atom. The fourth-order valence-corrected chi connectivity index (χ4v) is 4.91. The maximum absolute atomic E-state index is 12.8. The van der Waals surface area contributed by atoms with Crippen molar-refractivity contribution in [1.82, 2.24) is 9.21 Å². The predicted octanol–water partition coefficient (Wildman–Crippen LogP) is 0.746. The first kappa shape index (κ1) is 17.4. The number of nitrogens with two attached hydrogens (primary N) is 1. The highest BCUT2D eigenvalue weighted by Crippen LogP contribution is 2.26. The Labute approximate surface area is 143 Å². The van der Waals surface area contributed by atoms with Crippen molar-refractivity contribution in [3.05, 3.63) is 29.3 Å². The molecular weight excluding hydrogens is 326 g/mol. The molecule has 2 aliphatic rings. The third kappa shape index (κ3) is 3.48. The molecular formula is C17H25N3O3S. The average Bonchev–Trinajstić information content (AvgIpc) is 3.02. The molecule has 132 valence electrons. The van der Waals surface area contributed by atoms with Gasteiger partial charge in [0.25, 0.3) is 0 Å². The molecule has 1 fully saturated rings. The molecule has 1 unspecified atom stereocenters. The van der Waals surface area contributed by atoms with Crippen molar-refractivity contribution in [2.75, 3.05) is 26.2 Å². The maximum Gasteiger partial charge on any atom is 0.243 e. The lowest BCUT2D eigenvalue weighted by Gasteiger charge is -2.34. The van der Waals surface area contributed by atoms with Gasteiger partial charge in [-0.25, -0.2) is 8.42 Å². The molecule has 7 heteroatoms. The fourth-order valence-electron chi connectivity index (χ4n) is 3.44. The summed E-state index contributed by atoms with van der Waals surface area (Å²) in [7, 11) is -3.49. The van der Waals surface area contributed by atoms with E-state index in [0.29, 0.717) is 37.5 Å². The number of sulfonamides is 1. The lowest BCUT2D eigenvalue weighted by atomic mass is 10.1. The molecule has 0 bridgehead atoms. The number of hydrogen-bond acceptors (Lipinski definition) is 4. The van der Waals surface area contributed by atoms with Gasteiger partial charge in [0.1, 0.15) is 0 Å². The zero-order chi connectivity index (χ0) is 17.3. The van der Waals surface area contributed by atoms with Crippen molar-refractivity contribution in [2.45, 2.75) is 43.5 Å². The summed E-state index contributed by atoms with van der Waals surface area (Å²) in [6.07, 6.45) is 3.39. The minimum Gasteiger partial charge on any atom is -0.340 e. The summed E-state index contributed by atoms with van der Waals surface area (Å²) in [5.74, 6) is -0.000390. The van der Waals surface area contributed by atoms with Gasteiger partial charge in [-0.05, 0) is 49.4 Å². The zero-order valence-electron chi connectivity index (χ0n) is 14.1. The van der Waals surface area contributed by atoms with Gasteiger partial charge in [0, 0.05) is 38.6 Å². The van der Waals surface area contributed by atoms with E-state index >= 15 is 0 Å². The number of carbonyl (C=O) groups excluding carboxylic acids is 1. The van der Waals surface area contributed by atoms with Crippen LogP contribution in [0.2, 0.25) is 0 Å². The summed E-state index contributed by atoms with van der Waals surface area (Å²) in [4.78, 5) is 14.1. The van der Waals surface area contributed by atoms with E-state index in [9.17, 15) is 13.2 Å². The van der Waals surface area contributed by atoms with Crippen LogP contribution in [0.3, 0.4) is 0 Å². The Hall–Kier alpha value is -1.44. The summed E-state index contributed by atoms with van der Waals surface area (Å²) in [5, 5.41) is 0. The first-order valence-corrected chi connectivity index (χ1v) is 9.97. The van der Waals surface area contributed by atoms with Crippen molar-refractivity contribution in [2.24, 2.45) is 5.73 Å². The number of amides is 1. The number of hydrogen-bond donors (Lipinski definition) is 1. The Bertz CT molecular complexity index is 723. The largest absolute Gasteiger partial charge is 0.340 e. The van der Waals surface area contributed by atoms with Crippen molar-refractivity contribution < 1.29 is 13.2 Å². The number of benzene rings is 1. The second kappa shape index (κ2) is 6.82. The number of fused-ring (bicyclic) bond motifs is 1. The maximum atomic E-state index is 12.8. The minimum atomic E-state index is -3.49. The van der Waals surface area contributed by atoms with Crippen LogP contribution in [0.4, 0.5) is 0 Å². The predicted molar refractivity (Wildman–Crippen MR) is 92.1 cm³/mol. The van der Waals surface area contributed by atoms with E-state index in [4.69, 9.17) is 5.73 Å². The number of piperazine rings is 1. The highest BCUT2D eigenvalue weighted by atomic mass is 32.2. The molecule has 1 aromatic carbocycles. The van der Waals surface area contributed by atoms with Gasteiger partial charge in [-0.1, -0.05) is 6.07 Å². The van der Waals surface area contributed by atoms with Crippen LogP contribution in [0.15, 0.2) is 23.1 Å². The smallest absolute Gasteiger partial charge is 0.243 e. The summed E-state index contributed by atoms with van der Waals surface area (Å²) in [6, 6.07) is 5.31. The molecule has 0 aromatic heterocycles. The van der Waals surface area contributed by atoms with Crippen LogP contribution in [-0.4, -0.2) is 55.8 Å². The van der Waals surface area contributed by atoms with Gasteiger partial charge in [-0.15, -0.1) is 0 Å². The fraction of sp³-hybridized carbons (Fsp3) is 0.588. The quantitative estimate of drug-likeness (QED) is 0.867. The number of nitrogens with zero attached hydrogens (tertiary/aromatic N) is 2. The van der Waals surface area contributed by atoms with E-state index in [0.717, 1.165) is 24.8 Å². The Morgan fingerprint density at radius 1 is 1.17 bits per heavy atom. The molecule has 0 radical (unpaired) electrons. The lowest BCUT2D eigenvalue weighted by Crippen LogP contribution is -2.51. The van der Waals surface area contributed by atoms with Crippen LogP contribution < -0.4 is 5.73 Å². The van der Waals surface area contributed by atoms with Crippen LogP contribution in [0.1, 0.15) is 30.9 Å². The molecule has 6 nitrogen and oxygen atoms in total. The number of rotatable bonds is 4. The summed E-state index contributed by atoms with van der Waals surface area (Å²) < 4.78 is 27.2. The van der Waals surface area contributed by atoms with E-state index < -0.39 is 10.0 Å². The van der Waals surface area contributed by atoms with Gasteiger partial charge in [-0.2, -0.15) is 4.31 Å². The van der Waals surface area contributed by atoms with Crippen LogP contribution in [-0.2, 0) is 27.7 Å². The highest BCUT2D eigenvalue weighted by Gasteiger charge is 2.30. The van der Waals surface area contributed by atoms with Crippen LogP contribution in [0.5, 0.6) is 0 Å². The summed E-state index contributed by atoms with van der Waals surface area (Å²) in [5.41, 5.74) is 8.08. The number of aryl methyl sites for hydroxylation is 2. The van der Waals surface area contributed by atoms with E-state index in [1.807, 2.05) is 12.1 Å². The lowest BCUT2D eigenvalue weighted by molar-refractivity contribution is -0.132. The van der Waals surface area contributed by atoms with Gasteiger partial charge in [-0.3, -0.25) is 4.79 Å². The Morgan fingerprint density at radius 2 is 1.83 bits per heavy atom. The summed E-state index contributed by atoms with van der Waals surface area (Å²) >= 11 is 0. The molecule has 3 rings (SSSR count). The SMILES string of the molecule is CC(N)CC(=O)N1CCN(S(=O)(=O)c2ccc3c(c2)CCC3)CC1. The summed E-state index contributed by atoms with van der Waals surface area (Å²) in [6.45, 7) is 3.33. The normalized spacial score (nSPS) is 20.0. The monoisotopic (exact) mass is 351 g/mol. The van der Waals surface area contributed by atoms with Gasteiger partial charge in [0.05, 0.1) is 4.90 Å². The molecule has 1 heterocycles. The van der Waals surface area contributed by atoms with Crippen molar-refractivity contribution in [3.8, 4) is 0 Å². The van der Waals surface area contributed by atoms with Gasteiger partial charge in [0.15, 0.2) is 0 Å². The van der Waals surface area contributed by atoms with E-state index in [1.165, 1.54) is 9.87 Å². The standard InChI is InChI=1S/C17H25N3O3S/c1-13(18)11-17(21)19-7-9-20(10-8-19)24(22,23)16-6-5-14-3-2-4-15(14)12-16/h5-6,12-13H,2-4,7-11,18H2,1H3. The molecule has 1 atom stereocenters. The molecule has 24 heavy (non-hydrogen) atoms. The molecule has 1 aliphatic heterocycles. The van der Waals surface area contributed by atoms with Crippen molar-refractivity contribution in [3.63, 3.8) is 0 Å². The van der Waals surface area contributed by atoms with E-state index in [2.05, 4.69) is 0 Å². The Kier molecular flexibility index (Phi) is 4.94. The van der Waals surface area contributed by atoms with Gasteiger partial charge in [0.2, 0.25) is 15.9 Å². The molecule has 2 N–H and O–H groups in total. The van der Waals surface area contributed by atoms with Crippen LogP contribution in [0, 0.1) is 0 Å². The molecule has 1 aromatic rings. The van der Waals surface area contributed by atoms with Crippen molar-refractivity contribution >= 4 is 15.9 Å². The molecule has 1 amide bonds. The second-order valence-corrected chi connectivity index (χ2v) is 8.69. The van der Waals surface area contributed by atoms with Crippen molar-refractivity contribution in [1.29, 1.82) is 0 Å². The third-order valence-corrected chi connectivity index (χ3v) is 6.69. The first-order valence-electron chi connectivity index (χ1n) is 8.53. The van der Waals surface area contributed by atoms with Crippen LogP contribution >= 0.6 is 0 Å². The minimum absolute atomic E-state index is 0.000390. The third-order valence-electron chi connectivity index (χ3n) is 4.80. The molecule has 1 aliphatic carbocycles. The Balaban J connectivity index is 1.68. The van der Waals surface area contributed by atoms with Gasteiger partial charge >= 0.3 is 0 Å². The average molecular weight is 351 g/mol.